The zero-order valence-corrected chi connectivity index (χ0v) is 8.66. The molecule has 2 rings (SSSR count). The van der Waals surface area contributed by atoms with Crippen molar-refractivity contribution in [2.24, 2.45) is 0 Å². The van der Waals surface area contributed by atoms with Gasteiger partial charge in [0, 0.05) is 30.6 Å². The molecule has 0 fully saturated rings. The van der Waals surface area contributed by atoms with Crippen molar-refractivity contribution in [1.82, 2.24) is 9.55 Å². The highest BCUT2D eigenvalue weighted by atomic mass is 35.5. The van der Waals surface area contributed by atoms with E-state index in [1.807, 2.05) is 0 Å². The van der Waals surface area contributed by atoms with Crippen molar-refractivity contribution < 1.29 is 13.2 Å². The number of alkyl halides is 3. The lowest BCUT2D eigenvalue weighted by Crippen LogP contribution is -2.42. The first-order valence-electron chi connectivity index (χ1n) is 4.49. The normalized spacial score (nSPS) is 20.8. The molecule has 88 valence electrons. The van der Waals surface area contributed by atoms with E-state index in [1.165, 1.54) is 0 Å². The summed E-state index contributed by atoms with van der Waals surface area (Å²) in [6.45, 7) is 0.00217. The lowest BCUT2D eigenvalue weighted by molar-refractivity contribution is -0.170. The number of rotatable bonds is 0. The Bertz CT molecular complexity index is 459. The molecule has 0 bridgehead atoms. The number of aromatic nitrogens is 2. The molecule has 1 aliphatic heterocycles. The minimum absolute atomic E-state index is 0.00217. The molecule has 0 saturated carbocycles. The zero-order valence-electron chi connectivity index (χ0n) is 7.91. The van der Waals surface area contributed by atoms with Gasteiger partial charge in [0.2, 0.25) is 5.95 Å². The Morgan fingerprint density at radius 3 is 2.81 bits per heavy atom. The van der Waals surface area contributed by atoms with E-state index in [2.05, 4.69) is 4.98 Å². The van der Waals surface area contributed by atoms with Gasteiger partial charge in [0.1, 0.15) is 6.04 Å². The van der Waals surface area contributed by atoms with Crippen LogP contribution in [0.1, 0.15) is 12.5 Å². The maximum atomic E-state index is 12.7. The van der Waals surface area contributed by atoms with Crippen LogP contribution in [0.25, 0.3) is 0 Å². The fraction of sp³-hybridized carbons (Fsp3) is 0.500. The minimum Gasteiger partial charge on any atom is -0.269 e. The van der Waals surface area contributed by atoms with Gasteiger partial charge < -0.3 is 0 Å². The standard InChI is InChI=1S/C8H7ClF3N3O/c9-14-4-2-5(8(10,11)12)15-6(16)1-3-13-7(14)15/h1,3,5H,2,4H2/t5-/m0/s1. The summed E-state index contributed by atoms with van der Waals surface area (Å²) < 4.78 is 39.6. The van der Waals surface area contributed by atoms with Gasteiger partial charge in [0.15, 0.2) is 0 Å². The lowest BCUT2D eigenvalue weighted by Gasteiger charge is -2.32. The molecule has 1 aromatic rings. The summed E-state index contributed by atoms with van der Waals surface area (Å²) in [5.74, 6) is -0.164. The van der Waals surface area contributed by atoms with Gasteiger partial charge in [0.25, 0.3) is 5.56 Å². The maximum Gasteiger partial charge on any atom is 0.409 e. The second-order valence-corrected chi connectivity index (χ2v) is 3.79. The summed E-state index contributed by atoms with van der Waals surface area (Å²) in [6.07, 6.45) is -3.59. The van der Waals surface area contributed by atoms with Crippen molar-refractivity contribution in [3.63, 3.8) is 0 Å². The van der Waals surface area contributed by atoms with Gasteiger partial charge in [-0.25, -0.2) is 4.98 Å². The van der Waals surface area contributed by atoms with Crippen molar-refractivity contribution >= 4 is 17.7 Å². The molecule has 0 radical (unpaired) electrons. The molecule has 0 unspecified atom stereocenters. The Balaban J connectivity index is 2.59. The van der Waals surface area contributed by atoms with Crippen LogP contribution in [0.5, 0.6) is 0 Å². The molecule has 0 aliphatic carbocycles. The smallest absolute Gasteiger partial charge is 0.269 e. The third-order valence-electron chi connectivity index (χ3n) is 2.37. The fourth-order valence-corrected chi connectivity index (χ4v) is 1.88. The second kappa shape index (κ2) is 3.65. The van der Waals surface area contributed by atoms with Crippen LogP contribution in [0.4, 0.5) is 19.1 Å². The van der Waals surface area contributed by atoms with Gasteiger partial charge in [-0.1, -0.05) is 0 Å². The van der Waals surface area contributed by atoms with Crippen LogP contribution in [0.15, 0.2) is 17.1 Å². The van der Waals surface area contributed by atoms with E-state index in [4.69, 9.17) is 11.8 Å². The Morgan fingerprint density at radius 2 is 2.19 bits per heavy atom. The molecular formula is C8H7ClF3N3O. The fourth-order valence-electron chi connectivity index (χ4n) is 1.66. The summed E-state index contributed by atoms with van der Waals surface area (Å²) >= 11 is 5.68. The van der Waals surface area contributed by atoms with Gasteiger partial charge in [-0.3, -0.25) is 13.8 Å². The highest BCUT2D eigenvalue weighted by Crippen LogP contribution is 2.37. The maximum absolute atomic E-state index is 12.7. The Labute approximate surface area is 93.4 Å². The molecule has 0 saturated heterocycles. The average molecular weight is 254 g/mol. The predicted molar refractivity (Wildman–Crippen MR) is 51.4 cm³/mol. The van der Waals surface area contributed by atoms with Crippen molar-refractivity contribution in [3.8, 4) is 0 Å². The molecular weight excluding hydrogens is 247 g/mol. The third kappa shape index (κ3) is 1.75. The molecule has 0 amide bonds. The Hall–Kier alpha value is -1.24. The first kappa shape index (κ1) is 11.3. The van der Waals surface area contributed by atoms with Crippen LogP contribution in [0.2, 0.25) is 0 Å². The minimum atomic E-state index is -4.47. The summed E-state index contributed by atoms with van der Waals surface area (Å²) in [5, 5.41) is 0. The van der Waals surface area contributed by atoms with E-state index in [-0.39, 0.29) is 18.9 Å². The van der Waals surface area contributed by atoms with Crippen LogP contribution in [0, 0.1) is 0 Å². The number of hydrogen-bond acceptors (Lipinski definition) is 3. The van der Waals surface area contributed by atoms with Crippen molar-refractivity contribution in [1.29, 1.82) is 0 Å². The number of halogens is 4. The molecule has 4 nitrogen and oxygen atoms in total. The summed E-state index contributed by atoms with van der Waals surface area (Å²) in [7, 11) is 0. The Kier molecular flexibility index (Phi) is 2.57. The van der Waals surface area contributed by atoms with Crippen molar-refractivity contribution in [2.75, 3.05) is 11.0 Å². The van der Waals surface area contributed by atoms with E-state index in [0.29, 0.717) is 4.57 Å². The van der Waals surface area contributed by atoms with Crippen LogP contribution in [-0.4, -0.2) is 22.3 Å². The molecule has 0 N–H and O–H groups in total. The predicted octanol–water partition coefficient (Wildman–Crippen LogP) is 1.71. The molecule has 2 heterocycles. The first-order chi connectivity index (χ1) is 7.41. The highest BCUT2D eigenvalue weighted by Gasteiger charge is 2.45. The molecule has 16 heavy (non-hydrogen) atoms. The van der Waals surface area contributed by atoms with Crippen LogP contribution in [0.3, 0.4) is 0 Å². The summed E-state index contributed by atoms with van der Waals surface area (Å²) in [6, 6.07) is -0.864. The SMILES string of the molecule is O=c1ccnc2n1[C@H](C(F)(F)F)CCN2Cl. The first-order valence-corrected chi connectivity index (χ1v) is 4.82. The van der Waals surface area contributed by atoms with Crippen LogP contribution < -0.4 is 9.98 Å². The number of anilines is 1. The van der Waals surface area contributed by atoms with Crippen molar-refractivity contribution in [3.05, 3.63) is 22.6 Å². The van der Waals surface area contributed by atoms with Crippen LogP contribution >= 0.6 is 11.8 Å². The monoisotopic (exact) mass is 253 g/mol. The quantitative estimate of drug-likeness (QED) is 0.661. The van der Waals surface area contributed by atoms with E-state index < -0.39 is 17.8 Å². The molecule has 8 heteroatoms. The average Bonchev–Trinajstić information content (AvgIpc) is 2.18. The topological polar surface area (TPSA) is 38.1 Å². The van der Waals surface area contributed by atoms with E-state index in [9.17, 15) is 18.0 Å². The van der Waals surface area contributed by atoms with E-state index >= 15 is 0 Å². The largest absolute Gasteiger partial charge is 0.409 e. The number of nitrogens with zero attached hydrogens (tertiary/aromatic N) is 3. The van der Waals surface area contributed by atoms with Crippen LogP contribution in [-0.2, 0) is 0 Å². The van der Waals surface area contributed by atoms with Gasteiger partial charge >= 0.3 is 6.18 Å². The molecule has 0 aromatic carbocycles. The number of hydrogen-bond donors (Lipinski definition) is 0. The molecule has 1 aliphatic rings. The van der Waals surface area contributed by atoms with E-state index in [1.54, 1.807) is 0 Å². The lowest BCUT2D eigenvalue weighted by atomic mass is 10.1. The summed E-state index contributed by atoms with van der Waals surface area (Å²) in [5.41, 5.74) is -0.752. The second-order valence-electron chi connectivity index (χ2n) is 3.38. The van der Waals surface area contributed by atoms with Gasteiger partial charge in [-0.15, -0.1) is 0 Å². The van der Waals surface area contributed by atoms with Crippen molar-refractivity contribution in [2.45, 2.75) is 18.6 Å². The molecule has 1 aromatic heterocycles. The van der Waals surface area contributed by atoms with Gasteiger partial charge in [-0.2, -0.15) is 13.2 Å². The Morgan fingerprint density at radius 1 is 1.50 bits per heavy atom. The number of fused-ring (bicyclic) bond motifs is 1. The summed E-state index contributed by atoms with van der Waals surface area (Å²) in [4.78, 5) is 15.1. The zero-order chi connectivity index (χ0) is 11.9. The van der Waals surface area contributed by atoms with E-state index in [0.717, 1.165) is 16.7 Å². The molecule has 0 spiro atoms. The third-order valence-corrected chi connectivity index (χ3v) is 2.69. The van der Waals surface area contributed by atoms with Gasteiger partial charge in [-0.05, 0) is 6.42 Å². The van der Waals surface area contributed by atoms with Gasteiger partial charge in [0.05, 0.1) is 0 Å². The molecule has 1 atom stereocenters. The highest BCUT2D eigenvalue weighted by molar-refractivity contribution is 6.25.